The molecule has 0 bridgehead atoms. The van der Waals surface area contributed by atoms with Gasteiger partial charge in [-0.05, 0) is 30.2 Å². The van der Waals surface area contributed by atoms with E-state index in [2.05, 4.69) is 20.7 Å². The molecule has 0 saturated carbocycles. The van der Waals surface area contributed by atoms with Crippen LogP contribution in [0.2, 0.25) is 0 Å². The van der Waals surface area contributed by atoms with Gasteiger partial charge in [0.15, 0.2) is 0 Å². The Labute approximate surface area is 167 Å². The van der Waals surface area contributed by atoms with Gasteiger partial charge < -0.3 is 10.6 Å². The molecule has 3 heterocycles. The normalized spacial score (nSPS) is 20.2. The zero-order valence-electron chi connectivity index (χ0n) is 15.9. The summed E-state index contributed by atoms with van der Waals surface area (Å²) in [7, 11) is 0. The van der Waals surface area contributed by atoms with E-state index < -0.39 is 5.82 Å². The van der Waals surface area contributed by atoms with Crippen LogP contribution in [0, 0.1) is 5.82 Å². The Bertz CT molecular complexity index is 1120. The van der Waals surface area contributed by atoms with Crippen LogP contribution in [-0.2, 0) is 6.54 Å². The summed E-state index contributed by atoms with van der Waals surface area (Å²) in [5.41, 5.74) is 3.73. The molecule has 0 aliphatic carbocycles. The molecule has 2 aliphatic heterocycles. The third-order valence-electron chi connectivity index (χ3n) is 5.58. The molecule has 29 heavy (non-hydrogen) atoms. The van der Waals surface area contributed by atoms with E-state index in [0.29, 0.717) is 24.3 Å². The Morgan fingerprint density at radius 3 is 2.86 bits per heavy atom. The van der Waals surface area contributed by atoms with Crippen LogP contribution >= 0.6 is 0 Å². The lowest BCUT2D eigenvalue weighted by atomic mass is 9.77. The molecule has 2 N–H and O–H groups in total. The van der Waals surface area contributed by atoms with Crippen LogP contribution in [0.5, 0.6) is 0 Å². The number of nitrogens with zero attached hydrogens (tertiary/aromatic N) is 3. The largest absolute Gasteiger partial charge is 0.377 e. The smallest absolute Gasteiger partial charge is 0.252 e. The zero-order valence-corrected chi connectivity index (χ0v) is 15.9. The van der Waals surface area contributed by atoms with E-state index in [1.165, 1.54) is 12.1 Å². The highest BCUT2D eigenvalue weighted by molar-refractivity contribution is 6.04. The second-order valence-corrected chi connectivity index (χ2v) is 7.19. The molecule has 1 amide bonds. The van der Waals surface area contributed by atoms with Crippen molar-refractivity contribution in [3.8, 4) is 0 Å². The number of anilines is 1. The van der Waals surface area contributed by atoms with Crippen molar-refractivity contribution >= 4 is 17.2 Å². The lowest BCUT2D eigenvalue weighted by Gasteiger charge is -2.37. The van der Waals surface area contributed by atoms with Crippen LogP contribution in [-0.4, -0.2) is 27.2 Å². The van der Waals surface area contributed by atoms with Gasteiger partial charge in [-0.15, -0.1) is 0 Å². The molecule has 2 unspecified atom stereocenters. The fourth-order valence-corrected chi connectivity index (χ4v) is 4.36. The monoisotopic (exact) mass is 389 g/mol. The third-order valence-corrected chi connectivity index (χ3v) is 5.58. The van der Waals surface area contributed by atoms with E-state index in [9.17, 15) is 9.18 Å². The molecule has 2 aliphatic rings. The highest BCUT2D eigenvalue weighted by atomic mass is 19.1. The molecule has 0 fully saturated rings. The molecule has 146 valence electrons. The predicted molar refractivity (Wildman–Crippen MR) is 108 cm³/mol. The van der Waals surface area contributed by atoms with Crippen molar-refractivity contribution in [1.82, 2.24) is 20.1 Å². The number of amides is 1. The van der Waals surface area contributed by atoms with E-state index in [0.717, 1.165) is 22.5 Å². The Balaban J connectivity index is 1.79. The lowest BCUT2D eigenvalue weighted by Crippen LogP contribution is -2.29. The van der Waals surface area contributed by atoms with Gasteiger partial charge in [-0.2, -0.15) is 5.10 Å². The average molecular weight is 389 g/mol. The van der Waals surface area contributed by atoms with Crippen molar-refractivity contribution in [2.24, 2.45) is 0 Å². The zero-order chi connectivity index (χ0) is 20.0. The van der Waals surface area contributed by atoms with Crippen molar-refractivity contribution < 1.29 is 9.18 Å². The average Bonchev–Trinajstić information content (AvgIpc) is 3.14. The highest BCUT2D eigenvalue weighted by Crippen LogP contribution is 2.50. The SMILES string of the molecule is CCn1ncnc1C1C2=CCNC(=O)c3cc(F)cc(c32)NC1c1ccccc1. The van der Waals surface area contributed by atoms with Crippen LogP contribution in [0.4, 0.5) is 10.1 Å². The first-order valence-electron chi connectivity index (χ1n) is 9.68. The van der Waals surface area contributed by atoms with Gasteiger partial charge in [-0.25, -0.2) is 14.1 Å². The van der Waals surface area contributed by atoms with Crippen molar-refractivity contribution in [2.75, 3.05) is 11.9 Å². The summed E-state index contributed by atoms with van der Waals surface area (Å²) in [5, 5.41) is 10.7. The Hall–Kier alpha value is -3.48. The van der Waals surface area contributed by atoms with Crippen molar-refractivity contribution in [3.63, 3.8) is 0 Å². The first-order valence-corrected chi connectivity index (χ1v) is 9.68. The number of aromatic nitrogens is 3. The predicted octanol–water partition coefficient (Wildman–Crippen LogP) is 3.51. The molecule has 1 aromatic heterocycles. The second kappa shape index (κ2) is 6.84. The number of aryl methyl sites for hydroxylation is 1. The maximum Gasteiger partial charge on any atom is 0.252 e. The van der Waals surface area contributed by atoms with Gasteiger partial charge in [0, 0.05) is 24.3 Å². The molecule has 0 radical (unpaired) electrons. The summed E-state index contributed by atoms with van der Waals surface area (Å²) in [5.74, 6) is -0.0769. The Kier molecular flexibility index (Phi) is 4.16. The molecular formula is C22H20FN5O. The quantitative estimate of drug-likeness (QED) is 0.719. The van der Waals surface area contributed by atoms with Crippen LogP contribution in [0.1, 0.15) is 46.2 Å². The van der Waals surface area contributed by atoms with E-state index in [1.54, 1.807) is 6.33 Å². The maximum atomic E-state index is 14.4. The summed E-state index contributed by atoms with van der Waals surface area (Å²) in [4.78, 5) is 17.2. The number of halogens is 1. The van der Waals surface area contributed by atoms with Crippen LogP contribution in [0.25, 0.3) is 5.57 Å². The molecule has 7 heteroatoms. The number of rotatable bonds is 3. The Morgan fingerprint density at radius 1 is 1.24 bits per heavy atom. The summed E-state index contributed by atoms with van der Waals surface area (Å²) >= 11 is 0. The summed E-state index contributed by atoms with van der Waals surface area (Å²) in [6.45, 7) is 3.08. The van der Waals surface area contributed by atoms with Gasteiger partial charge in [-0.1, -0.05) is 36.4 Å². The van der Waals surface area contributed by atoms with Crippen molar-refractivity contribution in [2.45, 2.75) is 25.4 Å². The van der Waals surface area contributed by atoms with Gasteiger partial charge in [0.25, 0.3) is 5.91 Å². The first-order chi connectivity index (χ1) is 14.2. The number of hydrogen-bond donors (Lipinski definition) is 2. The van der Waals surface area contributed by atoms with Gasteiger partial charge in [0.1, 0.15) is 18.0 Å². The molecular weight excluding hydrogens is 369 g/mol. The molecule has 0 saturated heterocycles. The minimum absolute atomic E-state index is 0.174. The van der Waals surface area contributed by atoms with E-state index in [4.69, 9.17) is 0 Å². The van der Waals surface area contributed by atoms with Gasteiger partial charge in [0.2, 0.25) is 0 Å². The standard InChI is InChI=1S/C22H20FN5O/c1-2-28-21(25-12-26-28)19-15-8-9-24-22(29)16-10-14(23)11-17(18(15)16)27-20(19)13-6-4-3-5-7-13/h3-8,10-12,19-20,27H,2,9H2,1H3,(H,24,29). The maximum absolute atomic E-state index is 14.4. The fraction of sp³-hybridized carbons (Fsp3) is 0.227. The van der Waals surface area contributed by atoms with E-state index in [-0.39, 0.29) is 17.9 Å². The number of hydrogen-bond acceptors (Lipinski definition) is 4. The molecule has 5 rings (SSSR count). The number of benzene rings is 2. The summed E-state index contributed by atoms with van der Waals surface area (Å²) < 4.78 is 16.2. The second-order valence-electron chi connectivity index (χ2n) is 7.19. The Morgan fingerprint density at radius 2 is 2.07 bits per heavy atom. The third kappa shape index (κ3) is 2.81. The first kappa shape index (κ1) is 17.6. The number of carbonyl (C=O) groups is 1. The molecule has 0 spiro atoms. The number of carbonyl (C=O) groups excluding carboxylic acids is 1. The van der Waals surface area contributed by atoms with Crippen LogP contribution in [0.15, 0.2) is 54.9 Å². The van der Waals surface area contributed by atoms with Gasteiger partial charge in [-0.3, -0.25) is 4.79 Å². The van der Waals surface area contributed by atoms with Crippen LogP contribution in [0.3, 0.4) is 0 Å². The molecule has 2 aromatic carbocycles. The molecule has 2 atom stereocenters. The van der Waals surface area contributed by atoms with Gasteiger partial charge >= 0.3 is 0 Å². The van der Waals surface area contributed by atoms with Gasteiger partial charge in [0.05, 0.1) is 17.5 Å². The number of nitrogens with one attached hydrogen (secondary N) is 2. The fourth-order valence-electron chi connectivity index (χ4n) is 4.36. The molecule has 3 aromatic rings. The highest BCUT2D eigenvalue weighted by Gasteiger charge is 2.40. The minimum Gasteiger partial charge on any atom is -0.377 e. The van der Waals surface area contributed by atoms with E-state index in [1.807, 2.05) is 48.0 Å². The topological polar surface area (TPSA) is 71.8 Å². The van der Waals surface area contributed by atoms with Crippen molar-refractivity contribution in [1.29, 1.82) is 0 Å². The molecule has 6 nitrogen and oxygen atoms in total. The minimum atomic E-state index is -0.440. The van der Waals surface area contributed by atoms with E-state index >= 15 is 0 Å². The lowest BCUT2D eigenvalue weighted by molar-refractivity contribution is 0.0958. The van der Waals surface area contributed by atoms with Crippen molar-refractivity contribution in [3.05, 3.63) is 83.2 Å². The summed E-state index contributed by atoms with van der Waals surface area (Å²) in [6, 6.07) is 12.6. The van der Waals surface area contributed by atoms with Crippen LogP contribution < -0.4 is 10.6 Å². The summed E-state index contributed by atoms with van der Waals surface area (Å²) in [6.07, 6.45) is 3.57.